The second-order valence-electron chi connectivity index (χ2n) is 8.22. The van der Waals surface area contributed by atoms with E-state index in [4.69, 9.17) is 42.1 Å². The van der Waals surface area contributed by atoms with Crippen molar-refractivity contribution in [3.63, 3.8) is 0 Å². The van der Waals surface area contributed by atoms with Crippen LogP contribution in [0.2, 0.25) is 10.0 Å². The zero-order valence-electron chi connectivity index (χ0n) is 21.0. The van der Waals surface area contributed by atoms with Crippen LogP contribution in [-0.4, -0.2) is 55.1 Å². The molecule has 0 spiro atoms. The van der Waals surface area contributed by atoms with Crippen LogP contribution in [0.25, 0.3) is 5.76 Å². The van der Waals surface area contributed by atoms with Gasteiger partial charge in [0.05, 0.1) is 50.6 Å². The van der Waals surface area contributed by atoms with Crippen molar-refractivity contribution in [2.24, 2.45) is 0 Å². The summed E-state index contributed by atoms with van der Waals surface area (Å²) < 4.78 is 21.8. The Labute approximate surface area is 229 Å². The Hall–Kier alpha value is -3.95. The van der Waals surface area contributed by atoms with Gasteiger partial charge in [-0.15, -0.1) is 0 Å². The highest BCUT2D eigenvalue weighted by atomic mass is 35.5. The van der Waals surface area contributed by atoms with Gasteiger partial charge in [0.2, 0.25) is 5.75 Å². The topological polar surface area (TPSA) is 107 Å². The van der Waals surface area contributed by atoms with E-state index in [1.807, 2.05) is 0 Å². The Bertz CT molecular complexity index is 1400. The number of aromatic nitrogens is 1. The number of carbonyl (C=O) groups is 2. The SMILES string of the molecule is COc1cc(C2/C(=C(\O)c3cc(Cl)cc(Cl)c3OC)C(=O)C(=O)N2Cc2cccnc2)cc(OC)c1OC. The molecule has 38 heavy (non-hydrogen) atoms. The van der Waals surface area contributed by atoms with Gasteiger partial charge in [0, 0.05) is 24.0 Å². The average molecular weight is 559 g/mol. The molecule has 1 saturated heterocycles. The predicted molar refractivity (Wildman–Crippen MR) is 141 cm³/mol. The van der Waals surface area contributed by atoms with Gasteiger partial charge in [-0.3, -0.25) is 14.6 Å². The van der Waals surface area contributed by atoms with Gasteiger partial charge >= 0.3 is 0 Å². The van der Waals surface area contributed by atoms with Gasteiger partial charge in [-0.1, -0.05) is 29.3 Å². The van der Waals surface area contributed by atoms with Crippen LogP contribution in [0.4, 0.5) is 0 Å². The number of ketones is 1. The molecule has 0 bridgehead atoms. The molecule has 0 saturated carbocycles. The predicted octanol–water partition coefficient (Wildman–Crippen LogP) is 5.04. The number of benzene rings is 2. The van der Waals surface area contributed by atoms with Crippen molar-refractivity contribution >= 4 is 40.7 Å². The number of halogens is 2. The fraction of sp³-hybridized carbons (Fsp3) is 0.222. The molecule has 1 atom stereocenters. The molecule has 0 aliphatic carbocycles. The van der Waals surface area contributed by atoms with Crippen LogP contribution in [-0.2, 0) is 16.1 Å². The number of hydrogen-bond donors (Lipinski definition) is 1. The molecule has 1 aromatic heterocycles. The van der Waals surface area contributed by atoms with Crippen molar-refractivity contribution in [1.29, 1.82) is 0 Å². The molecule has 1 N–H and O–H groups in total. The number of carbonyl (C=O) groups excluding carboxylic acids is 2. The number of methoxy groups -OCH3 is 4. The van der Waals surface area contributed by atoms with E-state index in [-0.39, 0.29) is 33.5 Å². The van der Waals surface area contributed by atoms with Crippen molar-refractivity contribution in [1.82, 2.24) is 9.88 Å². The highest BCUT2D eigenvalue weighted by Crippen LogP contribution is 2.47. The molecule has 3 aromatic rings. The molecule has 2 aromatic carbocycles. The normalized spacial score (nSPS) is 16.5. The van der Waals surface area contributed by atoms with Crippen LogP contribution in [0, 0.1) is 0 Å². The summed E-state index contributed by atoms with van der Waals surface area (Å²) >= 11 is 12.5. The van der Waals surface area contributed by atoms with Crippen molar-refractivity contribution in [3.05, 3.63) is 81.1 Å². The number of nitrogens with zero attached hydrogens (tertiary/aromatic N) is 2. The molecule has 0 radical (unpaired) electrons. The summed E-state index contributed by atoms with van der Waals surface area (Å²) in [6, 6.07) is 8.52. The third kappa shape index (κ3) is 4.82. The van der Waals surface area contributed by atoms with E-state index in [1.165, 1.54) is 45.5 Å². The minimum absolute atomic E-state index is 0.0317. The first kappa shape index (κ1) is 27.1. The van der Waals surface area contributed by atoms with Gasteiger partial charge < -0.3 is 29.0 Å². The fourth-order valence-electron chi connectivity index (χ4n) is 4.43. The lowest BCUT2D eigenvalue weighted by Gasteiger charge is -2.26. The van der Waals surface area contributed by atoms with E-state index in [0.717, 1.165) is 0 Å². The molecule has 1 aliphatic rings. The van der Waals surface area contributed by atoms with Crippen molar-refractivity contribution in [3.8, 4) is 23.0 Å². The fourth-order valence-corrected chi connectivity index (χ4v) is 5.00. The number of hydrogen-bond acceptors (Lipinski definition) is 8. The molecule has 11 heteroatoms. The number of aliphatic hydroxyl groups excluding tert-OH is 1. The maximum absolute atomic E-state index is 13.5. The molecular weight excluding hydrogens is 535 g/mol. The monoisotopic (exact) mass is 558 g/mol. The van der Waals surface area contributed by atoms with Gasteiger partial charge in [0.1, 0.15) is 11.5 Å². The zero-order chi connectivity index (χ0) is 27.6. The first-order valence-electron chi connectivity index (χ1n) is 11.3. The van der Waals surface area contributed by atoms with E-state index in [0.29, 0.717) is 28.4 Å². The van der Waals surface area contributed by atoms with Gasteiger partial charge in [-0.05, 0) is 41.5 Å². The molecule has 1 fully saturated rings. The number of amides is 1. The summed E-state index contributed by atoms with van der Waals surface area (Å²) in [6.45, 7) is 0.0317. The summed E-state index contributed by atoms with van der Waals surface area (Å²) in [4.78, 5) is 32.3. The van der Waals surface area contributed by atoms with E-state index in [2.05, 4.69) is 4.98 Å². The van der Waals surface area contributed by atoms with Gasteiger partial charge in [-0.2, -0.15) is 0 Å². The third-order valence-electron chi connectivity index (χ3n) is 6.09. The van der Waals surface area contributed by atoms with Gasteiger partial charge in [0.15, 0.2) is 11.5 Å². The second-order valence-corrected chi connectivity index (χ2v) is 9.06. The molecule has 1 amide bonds. The Morgan fingerprint density at radius 2 is 1.63 bits per heavy atom. The lowest BCUT2D eigenvalue weighted by Crippen LogP contribution is -2.29. The Kier molecular flexibility index (Phi) is 7.99. The van der Waals surface area contributed by atoms with Crippen molar-refractivity contribution in [2.45, 2.75) is 12.6 Å². The minimum atomic E-state index is -1.05. The molecule has 9 nitrogen and oxygen atoms in total. The van der Waals surface area contributed by atoms with Crippen LogP contribution < -0.4 is 18.9 Å². The smallest absolute Gasteiger partial charge is 0.295 e. The van der Waals surface area contributed by atoms with Crippen LogP contribution >= 0.6 is 23.2 Å². The Morgan fingerprint density at radius 1 is 0.974 bits per heavy atom. The highest BCUT2D eigenvalue weighted by Gasteiger charge is 2.47. The number of Topliss-reactive ketones (excluding diaryl/α,β-unsaturated/α-hetero) is 1. The Balaban J connectivity index is 2.01. The molecular formula is C27H24Cl2N2O7. The van der Waals surface area contributed by atoms with Crippen LogP contribution in [0.5, 0.6) is 23.0 Å². The van der Waals surface area contributed by atoms with E-state index < -0.39 is 23.5 Å². The largest absolute Gasteiger partial charge is 0.507 e. The minimum Gasteiger partial charge on any atom is -0.507 e. The number of rotatable bonds is 8. The van der Waals surface area contributed by atoms with E-state index >= 15 is 0 Å². The maximum Gasteiger partial charge on any atom is 0.295 e. The van der Waals surface area contributed by atoms with E-state index in [1.54, 1.807) is 36.7 Å². The Morgan fingerprint density at radius 3 is 2.18 bits per heavy atom. The van der Waals surface area contributed by atoms with Crippen LogP contribution in [0.15, 0.2) is 54.4 Å². The number of pyridine rings is 1. The van der Waals surface area contributed by atoms with Gasteiger partial charge in [0.25, 0.3) is 11.7 Å². The maximum atomic E-state index is 13.5. The van der Waals surface area contributed by atoms with Crippen molar-refractivity contribution < 1.29 is 33.6 Å². The van der Waals surface area contributed by atoms with Crippen LogP contribution in [0.3, 0.4) is 0 Å². The summed E-state index contributed by atoms with van der Waals surface area (Å²) in [5.74, 6) is -1.20. The quantitative estimate of drug-likeness (QED) is 0.232. The summed E-state index contributed by atoms with van der Waals surface area (Å²) in [7, 11) is 5.73. The number of likely N-dealkylation sites (tertiary alicyclic amines) is 1. The summed E-state index contributed by atoms with van der Waals surface area (Å²) in [5.41, 5.74) is 0.970. The third-order valence-corrected chi connectivity index (χ3v) is 6.59. The van der Waals surface area contributed by atoms with Crippen molar-refractivity contribution in [2.75, 3.05) is 28.4 Å². The summed E-state index contributed by atoms with van der Waals surface area (Å²) in [5, 5.41) is 11.8. The summed E-state index contributed by atoms with van der Waals surface area (Å²) in [6.07, 6.45) is 3.19. The standard InChI is InChI=1S/C27H24Cl2N2O7/c1-35-19-8-15(9-20(36-2)26(19)38-4)22-21(23(32)17-10-16(28)11-18(29)25(17)37-3)24(33)27(34)31(22)13-14-6-5-7-30-12-14/h5-12,22,32H,13H2,1-4H3/b23-21+. The lowest BCUT2D eigenvalue weighted by molar-refractivity contribution is -0.140. The first-order chi connectivity index (χ1) is 18.2. The average Bonchev–Trinajstić information content (AvgIpc) is 3.16. The highest BCUT2D eigenvalue weighted by molar-refractivity contribution is 6.46. The van der Waals surface area contributed by atoms with E-state index in [9.17, 15) is 14.7 Å². The van der Waals surface area contributed by atoms with Crippen LogP contribution in [0.1, 0.15) is 22.7 Å². The zero-order valence-corrected chi connectivity index (χ0v) is 22.5. The number of aliphatic hydroxyl groups is 1. The molecule has 1 aliphatic heterocycles. The molecule has 2 heterocycles. The second kappa shape index (κ2) is 11.2. The molecule has 4 rings (SSSR count). The number of ether oxygens (including phenoxy) is 4. The molecule has 198 valence electrons. The molecule has 1 unspecified atom stereocenters. The lowest BCUT2D eigenvalue weighted by atomic mass is 9.94. The first-order valence-corrected chi connectivity index (χ1v) is 12.0. The van der Waals surface area contributed by atoms with Gasteiger partial charge in [-0.25, -0.2) is 0 Å².